The van der Waals surface area contributed by atoms with Crippen molar-refractivity contribution in [1.82, 2.24) is 10.3 Å². The van der Waals surface area contributed by atoms with E-state index in [1.807, 2.05) is 0 Å². The second-order valence-electron chi connectivity index (χ2n) is 4.53. The van der Waals surface area contributed by atoms with Crippen LogP contribution in [-0.2, 0) is 0 Å². The monoisotopic (exact) mass is 307 g/mol. The van der Waals surface area contributed by atoms with Crippen molar-refractivity contribution in [2.75, 3.05) is 12.4 Å². The summed E-state index contributed by atoms with van der Waals surface area (Å²) in [6, 6.07) is 8.99. The molecule has 1 aromatic heterocycles. The Morgan fingerprint density at radius 1 is 1.33 bits per heavy atom. The van der Waals surface area contributed by atoms with Gasteiger partial charge in [-0.05, 0) is 36.8 Å². The highest BCUT2D eigenvalue weighted by molar-refractivity contribution is 6.33. The molecule has 0 spiro atoms. The third-order valence-electron chi connectivity index (χ3n) is 3.01. The molecule has 2 aromatic rings. The largest absolute Gasteiger partial charge is 0.373 e. The Morgan fingerprint density at radius 2 is 2.10 bits per heavy atom. The summed E-state index contributed by atoms with van der Waals surface area (Å²) >= 11 is 5.99. The van der Waals surface area contributed by atoms with Gasteiger partial charge in [0.25, 0.3) is 5.91 Å². The molecule has 1 heterocycles. The number of aromatic nitrogens is 1. The highest BCUT2D eigenvalue weighted by Gasteiger charge is 2.16. The minimum absolute atomic E-state index is 0.131. The number of rotatable bonds is 4. The number of anilines is 1. The van der Waals surface area contributed by atoms with Gasteiger partial charge in [0.15, 0.2) is 0 Å². The highest BCUT2D eigenvalue weighted by Crippen LogP contribution is 2.19. The van der Waals surface area contributed by atoms with Crippen LogP contribution in [0.2, 0.25) is 5.02 Å². The molecule has 0 aliphatic rings. The first-order valence-corrected chi connectivity index (χ1v) is 6.79. The summed E-state index contributed by atoms with van der Waals surface area (Å²) in [7, 11) is 1.70. The van der Waals surface area contributed by atoms with E-state index in [-0.39, 0.29) is 22.6 Å². The van der Waals surface area contributed by atoms with Crippen LogP contribution in [0.4, 0.5) is 10.2 Å². The average molecular weight is 308 g/mol. The van der Waals surface area contributed by atoms with Gasteiger partial charge in [0, 0.05) is 7.05 Å². The molecule has 1 unspecified atom stereocenters. The Balaban J connectivity index is 2.18. The number of benzene rings is 1. The molecule has 2 N–H and O–H groups in total. The van der Waals surface area contributed by atoms with E-state index in [1.54, 1.807) is 38.2 Å². The summed E-state index contributed by atoms with van der Waals surface area (Å²) in [6.07, 6.45) is 0. The minimum Gasteiger partial charge on any atom is -0.373 e. The summed E-state index contributed by atoms with van der Waals surface area (Å²) in [4.78, 5) is 16.3. The fourth-order valence-electron chi connectivity index (χ4n) is 1.86. The van der Waals surface area contributed by atoms with Crippen molar-refractivity contribution in [2.45, 2.75) is 13.0 Å². The Bertz CT molecular complexity index is 663. The first-order valence-electron chi connectivity index (χ1n) is 6.42. The van der Waals surface area contributed by atoms with Crippen molar-refractivity contribution < 1.29 is 9.18 Å². The molecular weight excluding hydrogens is 293 g/mol. The van der Waals surface area contributed by atoms with Crippen LogP contribution in [0.15, 0.2) is 36.4 Å². The van der Waals surface area contributed by atoms with Gasteiger partial charge < -0.3 is 10.6 Å². The van der Waals surface area contributed by atoms with Gasteiger partial charge in [-0.1, -0.05) is 23.7 Å². The summed E-state index contributed by atoms with van der Waals surface area (Å²) < 4.78 is 13.2. The van der Waals surface area contributed by atoms with Crippen LogP contribution in [0.1, 0.15) is 29.0 Å². The Kier molecular flexibility index (Phi) is 4.75. The van der Waals surface area contributed by atoms with Crippen molar-refractivity contribution in [3.63, 3.8) is 0 Å². The van der Waals surface area contributed by atoms with E-state index in [4.69, 9.17) is 11.6 Å². The number of nitrogens with zero attached hydrogens (tertiary/aromatic N) is 1. The zero-order valence-corrected chi connectivity index (χ0v) is 12.4. The first kappa shape index (κ1) is 15.3. The van der Waals surface area contributed by atoms with E-state index in [9.17, 15) is 9.18 Å². The fourth-order valence-corrected chi connectivity index (χ4v) is 2.06. The molecule has 0 bridgehead atoms. The molecule has 6 heteroatoms. The number of hydrogen-bond donors (Lipinski definition) is 2. The summed E-state index contributed by atoms with van der Waals surface area (Å²) in [5.41, 5.74) is 0.802. The number of pyridine rings is 1. The molecule has 21 heavy (non-hydrogen) atoms. The molecule has 1 aromatic carbocycles. The Hall–Kier alpha value is -2.14. The first-order chi connectivity index (χ1) is 10.0. The van der Waals surface area contributed by atoms with Crippen LogP contribution in [0.3, 0.4) is 0 Å². The molecule has 1 atom stereocenters. The second-order valence-corrected chi connectivity index (χ2v) is 4.93. The zero-order valence-electron chi connectivity index (χ0n) is 11.7. The summed E-state index contributed by atoms with van der Waals surface area (Å²) in [6.45, 7) is 1.77. The van der Waals surface area contributed by atoms with Crippen LogP contribution >= 0.6 is 11.6 Å². The standard InChI is InChI=1S/C15H15ClFN3O/c1-9(10-4-3-5-11(17)8-10)19-15(21)14-12(16)6-7-13(18-2)20-14/h3-9H,1-2H3,(H,18,20)(H,19,21). The number of carbonyl (C=O) groups is 1. The minimum atomic E-state index is -0.408. The van der Waals surface area contributed by atoms with Gasteiger partial charge in [0.2, 0.25) is 0 Å². The lowest BCUT2D eigenvalue weighted by Crippen LogP contribution is -2.28. The van der Waals surface area contributed by atoms with Crippen molar-refractivity contribution in [1.29, 1.82) is 0 Å². The summed E-state index contributed by atoms with van der Waals surface area (Å²) in [5, 5.41) is 5.86. The van der Waals surface area contributed by atoms with Crippen molar-refractivity contribution in [2.24, 2.45) is 0 Å². The lowest BCUT2D eigenvalue weighted by molar-refractivity contribution is 0.0935. The molecule has 0 saturated carbocycles. The number of nitrogens with one attached hydrogen (secondary N) is 2. The molecule has 0 aliphatic heterocycles. The predicted octanol–water partition coefficient (Wildman–Crippen LogP) is 3.41. The number of amides is 1. The molecular formula is C15H15ClFN3O. The van der Waals surface area contributed by atoms with E-state index in [2.05, 4.69) is 15.6 Å². The lowest BCUT2D eigenvalue weighted by Gasteiger charge is -2.15. The Morgan fingerprint density at radius 3 is 2.76 bits per heavy atom. The van der Waals surface area contributed by atoms with Gasteiger partial charge in [-0.3, -0.25) is 4.79 Å². The van der Waals surface area contributed by atoms with E-state index in [1.165, 1.54) is 12.1 Å². The molecule has 110 valence electrons. The number of halogens is 2. The van der Waals surface area contributed by atoms with Gasteiger partial charge in [-0.15, -0.1) is 0 Å². The van der Waals surface area contributed by atoms with Crippen LogP contribution in [0.5, 0.6) is 0 Å². The second kappa shape index (κ2) is 6.54. The maximum atomic E-state index is 13.2. The lowest BCUT2D eigenvalue weighted by atomic mass is 10.1. The molecule has 0 saturated heterocycles. The predicted molar refractivity (Wildman–Crippen MR) is 81.1 cm³/mol. The third kappa shape index (κ3) is 3.70. The smallest absolute Gasteiger partial charge is 0.271 e. The van der Waals surface area contributed by atoms with Gasteiger partial charge in [0.1, 0.15) is 17.3 Å². The average Bonchev–Trinajstić information content (AvgIpc) is 2.47. The van der Waals surface area contributed by atoms with Gasteiger partial charge in [-0.25, -0.2) is 9.37 Å². The van der Waals surface area contributed by atoms with Crippen molar-refractivity contribution in [3.8, 4) is 0 Å². The number of hydrogen-bond acceptors (Lipinski definition) is 3. The number of carbonyl (C=O) groups excluding carboxylic acids is 1. The van der Waals surface area contributed by atoms with Crippen LogP contribution in [0.25, 0.3) is 0 Å². The van der Waals surface area contributed by atoms with Gasteiger partial charge in [-0.2, -0.15) is 0 Å². The van der Waals surface area contributed by atoms with Crippen molar-refractivity contribution in [3.05, 3.63) is 58.5 Å². The molecule has 1 amide bonds. The third-order valence-corrected chi connectivity index (χ3v) is 3.32. The maximum absolute atomic E-state index is 13.2. The molecule has 4 nitrogen and oxygen atoms in total. The van der Waals surface area contributed by atoms with Crippen LogP contribution in [-0.4, -0.2) is 17.9 Å². The molecule has 0 radical (unpaired) electrons. The fraction of sp³-hybridized carbons (Fsp3) is 0.200. The molecule has 2 rings (SSSR count). The SMILES string of the molecule is CNc1ccc(Cl)c(C(=O)NC(C)c2cccc(F)c2)n1. The highest BCUT2D eigenvalue weighted by atomic mass is 35.5. The maximum Gasteiger partial charge on any atom is 0.271 e. The summed E-state index contributed by atoms with van der Waals surface area (Å²) in [5.74, 6) is -0.209. The molecule has 0 aliphatic carbocycles. The van der Waals surface area contributed by atoms with Crippen LogP contribution < -0.4 is 10.6 Å². The van der Waals surface area contributed by atoms with Crippen molar-refractivity contribution >= 4 is 23.3 Å². The quantitative estimate of drug-likeness (QED) is 0.910. The zero-order chi connectivity index (χ0) is 15.4. The van der Waals surface area contributed by atoms with E-state index < -0.39 is 5.91 Å². The van der Waals surface area contributed by atoms with E-state index >= 15 is 0 Å². The van der Waals surface area contributed by atoms with E-state index in [0.717, 1.165) is 0 Å². The molecule has 0 fully saturated rings. The normalized spacial score (nSPS) is 11.8. The Labute approximate surface area is 127 Å². The van der Waals surface area contributed by atoms with E-state index in [0.29, 0.717) is 11.4 Å². The van der Waals surface area contributed by atoms with Crippen LogP contribution in [0, 0.1) is 5.82 Å². The van der Waals surface area contributed by atoms with Gasteiger partial charge in [0.05, 0.1) is 11.1 Å². The topological polar surface area (TPSA) is 54.0 Å². The van der Waals surface area contributed by atoms with Gasteiger partial charge >= 0.3 is 0 Å².